The molecule has 0 heterocycles. The summed E-state index contributed by atoms with van der Waals surface area (Å²) >= 11 is 11.8. The Labute approximate surface area is 106 Å². The smallest absolute Gasteiger partial charge is 0.0595 e. The average molecular weight is 267 g/mol. The molecule has 1 aromatic rings. The molecule has 4 heteroatoms. The number of nitrogens with two attached hydrogens (primary N) is 1. The molecule has 0 radical (unpaired) electrons. The van der Waals surface area contributed by atoms with Crippen molar-refractivity contribution in [1.29, 1.82) is 0 Å². The lowest BCUT2D eigenvalue weighted by molar-refractivity contribution is 0.264. The van der Waals surface area contributed by atoms with E-state index in [0.29, 0.717) is 16.0 Å². The van der Waals surface area contributed by atoms with Gasteiger partial charge in [0, 0.05) is 6.04 Å². The fourth-order valence-electron chi connectivity index (χ4n) is 1.79. The second-order valence-corrected chi connectivity index (χ2v) is 4.70. The minimum atomic E-state index is 0. The van der Waals surface area contributed by atoms with Crippen LogP contribution in [0.2, 0.25) is 10.0 Å². The van der Waals surface area contributed by atoms with Gasteiger partial charge < -0.3 is 5.73 Å². The van der Waals surface area contributed by atoms with Gasteiger partial charge >= 0.3 is 0 Å². The predicted octanol–water partition coefficient (Wildman–Crippen LogP) is 4.22. The first-order valence-corrected chi connectivity index (χ1v) is 5.64. The molecular weight excluding hydrogens is 252 g/mol. The average Bonchev–Trinajstić information content (AvgIpc) is 2.06. The quantitative estimate of drug-likeness (QED) is 0.852. The van der Waals surface area contributed by atoms with E-state index in [-0.39, 0.29) is 18.4 Å². The summed E-state index contributed by atoms with van der Waals surface area (Å²) in [7, 11) is 0. The second-order valence-electron chi connectivity index (χ2n) is 3.89. The van der Waals surface area contributed by atoms with Gasteiger partial charge in [-0.15, -0.1) is 12.4 Å². The molecule has 2 rings (SSSR count). The summed E-state index contributed by atoms with van der Waals surface area (Å²) in [5, 5.41) is 1.19. The van der Waals surface area contributed by atoms with E-state index in [0.717, 1.165) is 5.56 Å². The van der Waals surface area contributed by atoms with Gasteiger partial charge in [0.2, 0.25) is 0 Å². The SMILES string of the molecule is Cl.N[C@@H](c1ccc(Cl)c(Cl)c1)C1CCC1. The summed E-state index contributed by atoms with van der Waals surface area (Å²) < 4.78 is 0. The van der Waals surface area contributed by atoms with E-state index in [1.165, 1.54) is 19.3 Å². The zero-order chi connectivity index (χ0) is 10.1. The van der Waals surface area contributed by atoms with Gasteiger partial charge in [-0.25, -0.2) is 0 Å². The molecule has 0 spiro atoms. The summed E-state index contributed by atoms with van der Waals surface area (Å²) in [4.78, 5) is 0. The van der Waals surface area contributed by atoms with Crippen molar-refractivity contribution >= 4 is 35.6 Å². The van der Waals surface area contributed by atoms with Gasteiger partial charge in [0.1, 0.15) is 0 Å². The predicted molar refractivity (Wildman–Crippen MR) is 68.0 cm³/mol. The minimum Gasteiger partial charge on any atom is -0.324 e. The third kappa shape index (κ3) is 2.79. The highest BCUT2D eigenvalue weighted by molar-refractivity contribution is 6.42. The maximum Gasteiger partial charge on any atom is 0.0595 e. The van der Waals surface area contributed by atoms with Crippen LogP contribution >= 0.6 is 35.6 Å². The van der Waals surface area contributed by atoms with E-state index >= 15 is 0 Å². The Morgan fingerprint density at radius 2 is 1.87 bits per heavy atom. The molecule has 1 fully saturated rings. The van der Waals surface area contributed by atoms with Crippen LogP contribution in [0, 0.1) is 5.92 Å². The molecule has 15 heavy (non-hydrogen) atoms. The molecule has 1 atom stereocenters. The molecule has 1 saturated carbocycles. The minimum absolute atomic E-state index is 0. The van der Waals surface area contributed by atoms with Crippen LogP contribution in [0.25, 0.3) is 0 Å². The van der Waals surface area contributed by atoms with Gasteiger partial charge in [-0.1, -0.05) is 35.7 Å². The fourth-order valence-corrected chi connectivity index (χ4v) is 2.10. The topological polar surface area (TPSA) is 26.0 Å². The molecule has 1 aliphatic rings. The number of rotatable bonds is 2. The number of hydrogen-bond acceptors (Lipinski definition) is 1. The van der Waals surface area contributed by atoms with Crippen molar-refractivity contribution in [2.45, 2.75) is 25.3 Å². The third-order valence-electron chi connectivity index (χ3n) is 2.99. The molecule has 1 aromatic carbocycles. The molecule has 1 aliphatic carbocycles. The first-order valence-electron chi connectivity index (χ1n) is 4.89. The van der Waals surface area contributed by atoms with Gasteiger partial charge in [-0.3, -0.25) is 0 Å². The van der Waals surface area contributed by atoms with Crippen LogP contribution in [0.15, 0.2) is 18.2 Å². The van der Waals surface area contributed by atoms with Crippen LogP contribution in [0.1, 0.15) is 30.9 Å². The highest BCUT2D eigenvalue weighted by Gasteiger charge is 2.25. The number of hydrogen-bond donors (Lipinski definition) is 1. The van der Waals surface area contributed by atoms with Crippen molar-refractivity contribution in [2.24, 2.45) is 11.7 Å². The Morgan fingerprint density at radius 3 is 2.33 bits per heavy atom. The van der Waals surface area contributed by atoms with Crippen molar-refractivity contribution in [3.05, 3.63) is 33.8 Å². The van der Waals surface area contributed by atoms with Crippen molar-refractivity contribution in [3.63, 3.8) is 0 Å². The van der Waals surface area contributed by atoms with Crippen molar-refractivity contribution in [1.82, 2.24) is 0 Å². The standard InChI is InChI=1S/C11H13Cl2N.ClH/c12-9-5-4-8(6-10(9)13)11(14)7-2-1-3-7;/h4-7,11H,1-3,14H2;1H/t11-;/m1./s1. The monoisotopic (exact) mass is 265 g/mol. The summed E-state index contributed by atoms with van der Waals surface area (Å²) in [6, 6.07) is 5.79. The van der Waals surface area contributed by atoms with Crippen LogP contribution in [-0.4, -0.2) is 0 Å². The Hall–Kier alpha value is 0.0500. The van der Waals surface area contributed by atoms with E-state index in [9.17, 15) is 0 Å². The van der Waals surface area contributed by atoms with Crippen LogP contribution in [0.5, 0.6) is 0 Å². The molecule has 2 N–H and O–H groups in total. The lowest BCUT2D eigenvalue weighted by Gasteiger charge is -2.31. The van der Waals surface area contributed by atoms with Crippen molar-refractivity contribution < 1.29 is 0 Å². The Morgan fingerprint density at radius 1 is 1.20 bits per heavy atom. The summed E-state index contributed by atoms with van der Waals surface area (Å²) in [6.45, 7) is 0. The first kappa shape index (κ1) is 13.1. The van der Waals surface area contributed by atoms with E-state index in [1.807, 2.05) is 18.2 Å². The highest BCUT2D eigenvalue weighted by atomic mass is 35.5. The van der Waals surface area contributed by atoms with Gasteiger partial charge in [-0.2, -0.15) is 0 Å². The largest absolute Gasteiger partial charge is 0.324 e. The van der Waals surface area contributed by atoms with Crippen LogP contribution < -0.4 is 5.73 Å². The highest BCUT2D eigenvalue weighted by Crippen LogP contribution is 2.37. The Kier molecular flexibility index (Phi) is 4.72. The zero-order valence-electron chi connectivity index (χ0n) is 8.25. The lowest BCUT2D eigenvalue weighted by Crippen LogP contribution is -2.26. The van der Waals surface area contributed by atoms with E-state index in [1.54, 1.807) is 0 Å². The molecule has 1 nitrogen and oxygen atoms in total. The van der Waals surface area contributed by atoms with Gasteiger partial charge in [0.05, 0.1) is 10.0 Å². The number of benzene rings is 1. The first-order chi connectivity index (χ1) is 6.68. The fraction of sp³-hybridized carbons (Fsp3) is 0.455. The third-order valence-corrected chi connectivity index (χ3v) is 3.73. The van der Waals surface area contributed by atoms with E-state index < -0.39 is 0 Å². The molecule has 0 unspecified atom stereocenters. The van der Waals surface area contributed by atoms with Crippen LogP contribution in [-0.2, 0) is 0 Å². The number of halogens is 3. The summed E-state index contributed by atoms with van der Waals surface area (Å²) in [5.74, 6) is 0.632. The van der Waals surface area contributed by atoms with Crippen molar-refractivity contribution in [3.8, 4) is 0 Å². The molecule has 0 amide bonds. The Bertz CT molecular complexity index is 337. The molecule has 84 valence electrons. The van der Waals surface area contributed by atoms with Gasteiger partial charge in [0.25, 0.3) is 0 Å². The second kappa shape index (κ2) is 5.40. The van der Waals surface area contributed by atoms with E-state index in [2.05, 4.69) is 0 Å². The molecular formula is C11H14Cl3N. The van der Waals surface area contributed by atoms with Crippen LogP contribution in [0.3, 0.4) is 0 Å². The normalized spacial score (nSPS) is 17.8. The van der Waals surface area contributed by atoms with Gasteiger partial charge in [0.15, 0.2) is 0 Å². The van der Waals surface area contributed by atoms with Crippen molar-refractivity contribution in [2.75, 3.05) is 0 Å². The molecule has 0 aromatic heterocycles. The molecule has 0 saturated heterocycles. The summed E-state index contributed by atoms with van der Waals surface area (Å²) in [6.07, 6.45) is 3.78. The van der Waals surface area contributed by atoms with E-state index in [4.69, 9.17) is 28.9 Å². The Balaban J connectivity index is 0.00000112. The molecule has 0 aliphatic heterocycles. The molecule has 0 bridgehead atoms. The van der Waals surface area contributed by atoms with Gasteiger partial charge in [-0.05, 0) is 36.5 Å². The maximum absolute atomic E-state index is 6.12. The maximum atomic E-state index is 6.12. The summed E-state index contributed by atoms with van der Waals surface area (Å²) in [5.41, 5.74) is 7.22. The zero-order valence-corrected chi connectivity index (χ0v) is 10.6. The van der Waals surface area contributed by atoms with Crippen LogP contribution in [0.4, 0.5) is 0 Å². The lowest BCUT2D eigenvalue weighted by atomic mass is 9.78.